The van der Waals surface area contributed by atoms with Crippen molar-refractivity contribution in [3.8, 4) is 0 Å². The van der Waals surface area contributed by atoms with Crippen LogP contribution in [-0.4, -0.2) is 30.6 Å². The smallest absolute Gasteiger partial charge is 0.323 e. The fourth-order valence-electron chi connectivity index (χ4n) is 2.24. The number of hydrogen-bond donors (Lipinski definition) is 0. The highest BCUT2D eigenvalue weighted by Crippen LogP contribution is 2.20. The predicted octanol–water partition coefficient (Wildman–Crippen LogP) is 1.82. The first-order valence-corrected chi connectivity index (χ1v) is 5.67. The molecule has 3 nitrogen and oxygen atoms in total. The highest BCUT2D eigenvalue weighted by molar-refractivity contribution is 5.75. The number of ether oxygens (including phenoxy) is 1. The minimum absolute atomic E-state index is 0.0507. The second kappa shape index (κ2) is 5.12. The lowest BCUT2D eigenvalue weighted by molar-refractivity contribution is -0.146. The van der Waals surface area contributed by atoms with Crippen LogP contribution < -0.4 is 0 Å². The highest BCUT2D eigenvalue weighted by atomic mass is 16.5. The van der Waals surface area contributed by atoms with Gasteiger partial charge in [-0.25, -0.2) is 0 Å². The van der Waals surface area contributed by atoms with Crippen LogP contribution in [0.1, 0.15) is 18.4 Å². The molecule has 1 saturated heterocycles. The maximum Gasteiger partial charge on any atom is 0.323 e. The molecule has 1 aromatic rings. The van der Waals surface area contributed by atoms with Crippen molar-refractivity contribution in [1.82, 2.24) is 4.90 Å². The number of carbonyl (C=O) groups is 1. The zero-order chi connectivity index (χ0) is 11.4. The molecule has 16 heavy (non-hydrogen) atoms. The summed E-state index contributed by atoms with van der Waals surface area (Å²) in [6, 6.07) is 10.2. The van der Waals surface area contributed by atoms with Gasteiger partial charge in [0.25, 0.3) is 0 Å². The number of carbonyl (C=O) groups excluding carboxylic acids is 1. The van der Waals surface area contributed by atoms with Crippen LogP contribution in [0, 0.1) is 0 Å². The summed E-state index contributed by atoms with van der Waals surface area (Å²) in [6.07, 6.45) is 1.99. The van der Waals surface area contributed by atoms with Gasteiger partial charge in [0, 0.05) is 6.54 Å². The van der Waals surface area contributed by atoms with E-state index in [1.54, 1.807) is 0 Å². The number of esters is 1. The van der Waals surface area contributed by atoms with Gasteiger partial charge >= 0.3 is 5.97 Å². The Morgan fingerprint density at radius 2 is 2.19 bits per heavy atom. The van der Waals surface area contributed by atoms with Gasteiger partial charge in [0.2, 0.25) is 0 Å². The van der Waals surface area contributed by atoms with Crippen LogP contribution >= 0.6 is 0 Å². The predicted molar refractivity (Wildman–Crippen MR) is 61.9 cm³/mol. The molecular formula is C13H17NO2. The van der Waals surface area contributed by atoms with Crippen molar-refractivity contribution in [1.29, 1.82) is 0 Å². The molecule has 0 aliphatic carbocycles. The van der Waals surface area contributed by atoms with Gasteiger partial charge in [-0.2, -0.15) is 0 Å². The van der Waals surface area contributed by atoms with Gasteiger partial charge in [-0.15, -0.1) is 0 Å². The van der Waals surface area contributed by atoms with Crippen LogP contribution in [0.5, 0.6) is 0 Å². The molecule has 1 aromatic carbocycles. The number of methoxy groups -OCH3 is 1. The molecule has 0 aromatic heterocycles. The van der Waals surface area contributed by atoms with Gasteiger partial charge in [0.1, 0.15) is 6.04 Å². The lowest BCUT2D eigenvalue weighted by atomic mass is 10.2. The molecule has 1 unspecified atom stereocenters. The Hall–Kier alpha value is -1.35. The van der Waals surface area contributed by atoms with E-state index in [1.807, 2.05) is 18.2 Å². The lowest BCUT2D eigenvalue weighted by Gasteiger charge is -2.22. The normalized spacial score (nSPS) is 20.9. The van der Waals surface area contributed by atoms with Crippen molar-refractivity contribution >= 4 is 5.97 Å². The molecule has 0 amide bonds. The molecule has 1 atom stereocenters. The second-order valence-corrected chi connectivity index (χ2v) is 4.14. The van der Waals surface area contributed by atoms with Crippen molar-refractivity contribution < 1.29 is 9.53 Å². The Morgan fingerprint density at radius 3 is 2.88 bits per heavy atom. The first-order valence-electron chi connectivity index (χ1n) is 5.67. The van der Waals surface area contributed by atoms with Crippen molar-refractivity contribution in [2.75, 3.05) is 13.7 Å². The number of rotatable bonds is 3. The van der Waals surface area contributed by atoms with Crippen LogP contribution in [0.4, 0.5) is 0 Å². The maximum atomic E-state index is 11.6. The van der Waals surface area contributed by atoms with Crippen LogP contribution in [0.15, 0.2) is 30.3 Å². The minimum Gasteiger partial charge on any atom is -0.468 e. The summed E-state index contributed by atoms with van der Waals surface area (Å²) < 4.78 is 4.82. The summed E-state index contributed by atoms with van der Waals surface area (Å²) in [5, 5.41) is 0. The van der Waals surface area contributed by atoms with Crippen molar-refractivity contribution in [3.05, 3.63) is 35.9 Å². The van der Waals surface area contributed by atoms with Crippen LogP contribution in [0.2, 0.25) is 0 Å². The molecule has 0 N–H and O–H groups in total. The second-order valence-electron chi connectivity index (χ2n) is 4.14. The summed E-state index contributed by atoms with van der Waals surface area (Å²) >= 11 is 0. The van der Waals surface area contributed by atoms with Crippen molar-refractivity contribution in [2.24, 2.45) is 0 Å². The standard InChI is InChI=1S/C13H17NO2/c1-16-13(15)12-8-5-9-14(12)10-11-6-3-2-4-7-11/h2-4,6-7,12H,5,8-10H2,1H3. The highest BCUT2D eigenvalue weighted by Gasteiger charge is 2.31. The van der Waals surface area contributed by atoms with Crippen LogP contribution in [0.3, 0.4) is 0 Å². The zero-order valence-corrected chi connectivity index (χ0v) is 9.56. The van der Waals surface area contributed by atoms with Gasteiger partial charge in [-0.3, -0.25) is 9.69 Å². The van der Waals surface area contributed by atoms with Gasteiger partial charge in [0.05, 0.1) is 7.11 Å². The van der Waals surface area contributed by atoms with E-state index in [-0.39, 0.29) is 12.0 Å². The van der Waals surface area contributed by atoms with E-state index in [0.717, 1.165) is 25.9 Å². The Balaban J connectivity index is 2.01. The van der Waals surface area contributed by atoms with Crippen molar-refractivity contribution in [2.45, 2.75) is 25.4 Å². The Morgan fingerprint density at radius 1 is 1.44 bits per heavy atom. The van der Waals surface area contributed by atoms with E-state index in [0.29, 0.717) is 0 Å². The molecule has 1 aliphatic rings. The first kappa shape index (κ1) is 11.1. The summed E-state index contributed by atoms with van der Waals surface area (Å²) in [7, 11) is 1.46. The first-order chi connectivity index (χ1) is 7.81. The third-order valence-electron chi connectivity index (χ3n) is 3.07. The molecular weight excluding hydrogens is 202 g/mol. The molecule has 0 bridgehead atoms. The molecule has 86 valence electrons. The Bertz CT molecular complexity index is 350. The lowest BCUT2D eigenvalue weighted by Crippen LogP contribution is -2.36. The molecule has 0 spiro atoms. The fraction of sp³-hybridized carbons (Fsp3) is 0.462. The van der Waals surface area contributed by atoms with E-state index in [2.05, 4.69) is 17.0 Å². The van der Waals surface area contributed by atoms with Crippen LogP contribution in [0.25, 0.3) is 0 Å². The van der Waals surface area contributed by atoms with E-state index in [4.69, 9.17) is 4.74 Å². The van der Waals surface area contributed by atoms with Gasteiger partial charge in [-0.1, -0.05) is 30.3 Å². The van der Waals surface area contributed by atoms with Gasteiger partial charge in [0.15, 0.2) is 0 Å². The third kappa shape index (κ3) is 2.42. The van der Waals surface area contributed by atoms with E-state index >= 15 is 0 Å². The average molecular weight is 219 g/mol. The molecule has 1 aliphatic heterocycles. The Labute approximate surface area is 96.0 Å². The minimum atomic E-state index is -0.103. The van der Waals surface area contributed by atoms with Crippen LogP contribution in [-0.2, 0) is 16.1 Å². The molecule has 1 heterocycles. The molecule has 3 heteroatoms. The largest absolute Gasteiger partial charge is 0.468 e. The maximum absolute atomic E-state index is 11.6. The SMILES string of the molecule is COC(=O)C1CCCN1Cc1ccccc1. The van der Waals surface area contributed by atoms with E-state index in [1.165, 1.54) is 12.7 Å². The number of nitrogens with zero attached hydrogens (tertiary/aromatic N) is 1. The number of benzene rings is 1. The summed E-state index contributed by atoms with van der Waals surface area (Å²) in [5.41, 5.74) is 1.25. The third-order valence-corrected chi connectivity index (χ3v) is 3.07. The monoisotopic (exact) mass is 219 g/mol. The average Bonchev–Trinajstić information content (AvgIpc) is 2.77. The molecule has 2 rings (SSSR count). The summed E-state index contributed by atoms with van der Waals surface area (Å²) in [4.78, 5) is 13.7. The topological polar surface area (TPSA) is 29.5 Å². The Kier molecular flexibility index (Phi) is 3.57. The number of likely N-dealkylation sites (tertiary alicyclic amines) is 1. The summed E-state index contributed by atoms with van der Waals surface area (Å²) in [5.74, 6) is -0.103. The molecule has 1 fully saturated rings. The quantitative estimate of drug-likeness (QED) is 0.726. The number of hydrogen-bond acceptors (Lipinski definition) is 3. The summed E-state index contributed by atoms with van der Waals surface area (Å²) in [6.45, 7) is 1.81. The zero-order valence-electron chi connectivity index (χ0n) is 9.56. The molecule has 0 saturated carbocycles. The molecule has 0 radical (unpaired) electrons. The van der Waals surface area contributed by atoms with E-state index < -0.39 is 0 Å². The fourth-order valence-corrected chi connectivity index (χ4v) is 2.24. The van der Waals surface area contributed by atoms with Gasteiger partial charge < -0.3 is 4.74 Å². The van der Waals surface area contributed by atoms with Gasteiger partial charge in [-0.05, 0) is 24.9 Å². The van der Waals surface area contributed by atoms with Crippen molar-refractivity contribution in [3.63, 3.8) is 0 Å². The van der Waals surface area contributed by atoms with E-state index in [9.17, 15) is 4.79 Å².